The molecule has 3 heterocycles. The van der Waals surface area contributed by atoms with Crippen LogP contribution < -0.4 is 4.74 Å². The Morgan fingerprint density at radius 1 is 1.29 bits per heavy atom. The molecule has 1 unspecified atom stereocenters. The van der Waals surface area contributed by atoms with Crippen LogP contribution in [0.1, 0.15) is 20.8 Å². The number of pyridine rings is 1. The number of likely N-dealkylation sites (N-methyl/N-ethyl adjacent to an activating group) is 1. The van der Waals surface area contributed by atoms with Gasteiger partial charge in [-0.05, 0) is 52.1 Å². The van der Waals surface area contributed by atoms with Gasteiger partial charge in [-0.15, -0.1) is 0 Å². The van der Waals surface area contributed by atoms with E-state index in [9.17, 15) is 0 Å². The highest BCUT2D eigenvalue weighted by Gasteiger charge is 2.59. The third kappa shape index (κ3) is 2.03. The van der Waals surface area contributed by atoms with E-state index >= 15 is 0 Å². The first-order valence-electron chi connectivity index (χ1n) is 8.14. The predicted molar refractivity (Wildman–Crippen MR) is 91.6 cm³/mol. The fraction of sp³-hybridized carbons (Fsp3) is 0.444. The fourth-order valence-electron chi connectivity index (χ4n) is 3.11. The van der Waals surface area contributed by atoms with Crippen LogP contribution in [-0.4, -0.2) is 47.5 Å². The topological polar surface area (TPSA) is 56.2 Å². The van der Waals surface area contributed by atoms with Gasteiger partial charge in [-0.1, -0.05) is 0 Å². The maximum absolute atomic E-state index is 6.32. The van der Waals surface area contributed by atoms with Crippen LogP contribution in [0.25, 0.3) is 10.9 Å². The summed E-state index contributed by atoms with van der Waals surface area (Å²) in [4.78, 5) is 11.2. The summed E-state index contributed by atoms with van der Waals surface area (Å²) >= 11 is 0. The number of ether oxygens (including phenoxy) is 3. The summed E-state index contributed by atoms with van der Waals surface area (Å²) in [6.07, 6.45) is 1.77. The summed E-state index contributed by atoms with van der Waals surface area (Å²) in [6, 6.07) is 7.70. The molecular formula is C18H21N3O3. The lowest BCUT2D eigenvalue weighted by atomic mass is 10.1. The first-order valence-corrected chi connectivity index (χ1v) is 8.14. The van der Waals surface area contributed by atoms with Gasteiger partial charge in [0.15, 0.2) is 5.75 Å². The Kier molecular flexibility index (Phi) is 3.30. The highest BCUT2D eigenvalue weighted by atomic mass is 16.8. The van der Waals surface area contributed by atoms with E-state index in [-0.39, 0.29) is 5.54 Å². The molecule has 1 fully saturated rings. The molecular weight excluding hydrogens is 306 g/mol. The first-order chi connectivity index (χ1) is 11.5. The summed E-state index contributed by atoms with van der Waals surface area (Å²) < 4.78 is 18.2. The van der Waals surface area contributed by atoms with Gasteiger partial charge in [-0.3, -0.25) is 4.98 Å². The first kappa shape index (κ1) is 15.4. The Labute approximate surface area is 141 Å². The van der Waals surface area contributed by atoms with Crippen molar-refractivity contribution in [3.63, 3.8) is 0 Å². The average molecular weight is 327 g/mol. The van der Waals surface area contributed by atoms with Crippen LogP contribution in [0.5, 0.6) is 5.75 Å². The molecule has 1 atom stereocenters. The zero-order valence-electron chi connectivity index (χ0n) is 14.4. The highest BCUT2D eigenvalue weighted by molar-refractivity contribution is 5.99. The van der Waals surface area contributed by atoms with E-state index in [1.165, 1.54) is 0 Å². The minimum atomic E-state index is -1.12. The lowest BCUT2D eigenvalue weighted by Crippen LogP contribution is -2.60. The molecule has 2 aromatic rings. The van der Waals surface area contributed by atoms with Gasteiger partial charge in [0.2, 0.25) is 0 Å². The third-order valence-electron chi connectivity index (χ3n) is 4.70. The minimum Gasteiger partial charge on any atom is -0.475 e. The second-order valence-corrected chi connectivity index (χ2v) is 6.68. The lowest BCUT2D eigenvalue weighted by Gasteiger charge is -2.40. The van der Waals surface area contributed by atoms with E-state index in [2.05, 4.69) is 18.8 Å². The van der Waals surface area contributed by atoms with Crippen molar-refractivity contribution < 1.29 is 14.2 Å². The van der Waals surface area contributed by atoms with Gasteiger partial charge in [-0.2, -0.15) is 0 Å². The highest BCUT2D eigenvalue weighted by Crippen LogP contribution is 2.46. The summed E-state index contributed by atoms with van der Waals surface area (Å²) in [6.45, 7) is 7.15. The van der Waals surface area contributed by atoms with E-state index in [0.29, 0.717) is 24.9 Å². The standard InChI is InChI=1S/C18H21N3O3/c1-5-22-16-18(21(4)17(2,3)11-23-18)24-14-9-8-13-12(15(14)20-16)7-6-10-19-13/h6-10H,5,11H2,1-4H3. The summed E-state index contributed by atoms with van der Waals surface area (Å²) in [7, 11) is 1.97. The van der Waals surface area contributed by atoms with Gasteiger partial charge in [0.25, 0.3) is 5.90 Å². The molecule has 0 saturated carbocycles. The molecule has 24 heavy (non-hydrogen) atoms. The second-order valence-electron chi connectivity index (χ2n) is 6.68. The zero-order valence-corrected chi connectivity index (χ0v) is 14.4. The van der Waals surface area contributed by atoms with Crippen molar-refractivity contribution in [2.45, 2.75) is 32.2 Å². The maximum atomic E-state index is 6.32. The molecule has 4 rings (SSSR count). The van der Waals surface area contributed by atoms with Crippen LogP contribution >= 0.6 is 0 Å². The molecule has 0 amide bonds. The van der Waals surface area contributed by atoms with Crippen LogP contribution in [0.15, 0.2) is 35.5 Å². The number of aromatic nitrogens is 1. The molecule has 0 N–H and O–H groups in total. The van der Waals surface area contributed by atoms with E-state index in [4.69, 9.17) is 19.2 Å². The van der Waals surface area contributed by atoms with Crippen LogP contribution in [0.4, 0.5) is 5.69 Å². The summed E-state index contributed by atoms with van der Waals surface area (Å²) in [5.41, 5.74) is 1.42. The van der Waals surface area contributed by atoms with Crippen LogP contribution in [0.3, 0.4) is 0 Å². The Balaban J connectivity index is 1.91. The van der Waals surface area contributed by atoms with Gasteiger partial charge in [0, 0.05) is 17.1 Å². The maximum Gasteiger partial charge on any atom is 0.354 e. The van der Waals surface area contributed by atoms with Gasteiger partial charge in [-0.25, -0.2) is 9.89 Å². The average Bonchev–Trinajstić information content (AvgIpc) is 2.81. The SMILES string of the molecule is CCOC1=Nc2c(ccc3ncccc23)OC12OCC(C)(C)N2C. The van der Waals surface area contributed by atoms with Crippen molar-refractivity contribution >= 4 is 22.5 Å². The van der Waals surface area contributed by atoms with Gasteiger partial charge in [0.05, 0.1) is 18.7 Å². The molecule has 2 aliphatic rings. The summed E-state index contributed by atoms with van der Waals surface area (Å²) in [5, 5.41) is 0.932. The van der Waals surface area contributed by atoms with Crippen LogP contribution in [-0.2, 0) is 9.47 Å². The van der Waals surface area contributed by atoms with E-state index in [1.807, 2.05) is 43.1 Å². The van der Waals surface area contributed by atoms with Crippen molar-refractivity contribution in [3.8, 4) is 5.75 Å². The fourth-order valence-corrected chi connectivity index (χ4v) is 3.11. The Bertz CT molecular complexity index is 833. The zero-order chi connectivity index (χ0) is 16.9. The molecule has 0 aliphatic carbocycles. The summed E-state index contributed by atoms with van der Waals surface area (Å²) in [5.74, 6) is -0.0204. The third-order valence-corrected chi connectivity index (χ3v) is 4.70. The number of nitrogens with zero attached hydrogens (tertiary/aromatic N) is 3. The van der Waals surface area contributed by atoms with Crippen LogP contribution in [0, 0.1) is 0 Å². The molecule has 6 nitrogen and oxygen atoms in total. The monoisotopic (exact) mass is 327 g/mol. The molecule has 1 spiro atoms. The Morgan fingerprint density at radius 3 is 2.83 bits per heavy atom. The van der Waals surface area contributed by atoms with E-state index < -0.39 is 5.91 Å². The van der Waals surface area contributed by atoms with Crippen molar-refractivity contribution in [1.29, 1.82) is 0 Å². The van der Waals surface area contributed by atoms with E-state index in [0.717, 1.165) is 16.6 Å². The van der Waals surface area contributed by atoms with Gasteiger partial charge >= 0.3 is 5.91 Å². The van der Waals surface area contributed by atoms with Crippen molar-refractivity contribution in [3.05, 3.63) is 30.5 Å². The molecule has 0 bridgehead atoms. The van der Waals surface area contributed by atoms with Crippen molar-refractivity contribution in [2.24, 2.45) is 4.99 Å². The number of fused-ring (bicyclic) bond motifs is 3. The van der Waals surface area contributed by atoms with Gasteiger partial charge < -0.3 is 14.2 Å². The number of aliphatic imine (C=N–C) groups is 1. The number of hydrogen-bond donors (Lipinski definition) is 0. The Morgan fingerprint density at radius 2 is 2.12 bits per heavy atom. The van der Waals surface area contributed by atoms with Crippen molar-refractivity contribution in [1.82, 2.24) is 9.88 Å². The number of benzene rings is 1. The largest absolute Gasteiger partial charge is 0.475 e. The van der Waals surface area contributed by atoms with E-state index in [1.54, 1.807) is 6.20 Å². The molecule has 6 heteroatoms. The minimum absolute atomic E-state index is 0.187. The molecule has 126 valence electrons. The van der Waals surface area contributed by atoms with Crippen molar-refractivity contribution in [2.75, 3.05) is 20.3 Å². The number of rotatable bonds is 1. The quantitative estimate of drug-likeness (QED) is 0.805. The van der Waals surface area contributed by atoms with Gasteiger partial charge in [0.1, 0.15) is 5.69 Å². The predicted octanol–water partition coefficient (Wildman–Crippen LogP) is 3.09. The normalized spacial score (nSPS) is 25.4. The molecule has 1 saturated heterocycles. The Hall–Kier alpha value is -2.18. The molecule has 2 aliphatic heterocycles. The molecule has 1 aromatic carbocycles. The number of hydrogen-bond acceptors (Lipinski definition) is 6. The van der Waals surface area contributed by atoms with Crippen LogP contribution in [0.2, 0.25) is 0 Å². The lowest BCUT2D eigenvalue weighted by molar-refractivity contribution is -0.179. The molecule has 0 radical (unpaired) electrons. The second kappa shape index (κ2) is 5.16. The smallest absolute Gasteiger partial charge is 0.354 e. The molecule has 1 aromatic heterocycles.